The highest BCUT2D eigenvalue weighted by molar-refractivity contribution is 7.91. The van der Waals surface area contributed by atoms with Crippen molar-refractivity contribution in [3.05, 3.63) is 0 Å². The third kappa shape index (κ3) is 2.17. The van der Waals surface area contributed by atoms with Gasteiger partial charge in [0.05, 0.1) is 17.0 Å². The van der Waals surface area contributed by atoms with Gasteiger partial charge in [0.2, 0.25) is 0 Å². The van der Waals surface area contributed by atoms with E-state index >= 15 is 0 Å². The largest absolute Gasteiger partial charge is 0.320 e. The lowest BCUT2D eigenvalue weighted by atomic mass is 9.87. The molecule has 13 heavy (non-hydrogen) atoms. The van der Waals surface area contributed by atoms with Gasteiger partial charge in [0.15, 0.2) is 0 Å². The zero-order valence-electron chi connectivity index (χ0n) is 7.39. The molecule has 0 aliphatic carbocycles. The Hall–Kier alpha value is -0.230. The summed E-state index contributed by atoms with van der Waals surface area (Å²) in [6, 6.07) is 0. The van der Waals surface area contributed by atoms with Gasteiger partial charge in [0.25, 0.3) is 5.92 Å². The molecule has 1 fully saturated rings. The molecule has 2 N–H and O–H groups in total. The van der Waals surface area contributed by atoms with Crippen molar-refractivity contribution in [3.63, 3.8) is 0 Å². The minimum atomic E-state index is -3.13. The first-order valence-corrected chi connectivity index (χ1v) is 5.86. The smallest absolute Gasteiger partial charge is 0.263 e. The first kappa shape index (κ1) is 10.8. The number of nitrogens with two attached hydrogens (primary N) is 1. The summed E-state index contributed by atoms with van der Waals surface area (Å²) in [5.41, 5.74) is 3.80. The maximum Gasteiger partial charge on any atom is 0.263 e. The van der Waals surface area contributed by atoms with Gasteiger partial charge in [-0.3, -0.25) is 0 Å². The molecular weight excluding hydrogens is 200 g/mol. The van der Waals surface area contributed by atoms with Crippen LogP contribution in [0.25, 0.3) is 0 Å². The van der Waals surface area contributed by atoms with Crippen molar-refractivity contribution in [2.45, 2.75) is 31.2 Å². The van der Waals surface area contributed by atoms with Crippen LogP contribution in [0, 0.1) is 0 Å². The summed E-state index contributed by atoms with van der Waals surface area (Å²) < 4.78 is 47.8. The van der Waals surface area contributed by atoms with Crippen molar-refractivity contribution in [1.29, 1.82) is 0 Å². The number of halogens is 2. The van der Waals surface area contributed by atoms with Crippen LogP contribution in [0.5, 0.6) is 0 Å². The second-order valence-corrected chi connectivity index (χ2v) is 6.00. The second kappa shape index (κ2) is 2.88. The van der Waals surface area contributed by atoms with E-state index in [9.17, 15) is 17.2 Å². The predicted octanol–water partition coefficient (Wildman–Crippen LogP) is 0.548. The number of rotatable bonds is 1. The maximum atomic E-state index is 12.9. The molecule has 0 aromatic rings. The molecule has 6 heteroatoms. The number of hydrogen-bond donors (Lipinski definition) is 1. The zero-order chi connectivity index (χ0) is 10.3. The van der Waals surface area contributed by atoms with Crippen molar-refractivity contribution in [3.8, 4) is 0 Å². The molecule has 1 aliphatic heterocycles. The van der Waals surface area contributed by atoms with Crippen molar-refractivity contribution in [2.75, 3.05) is 11.5 Å². The van der Waals surface area contributed by atoms with Gasteiger partial charge in [-0.05, 0) is 12.8 Å². The van der Waals surface area contributed by atoms with Crippen LogP contribution in [0.1, 0.15) is 19.8 Å². The fraction of sp³-hybridized carbons (Fsp3) is 1.00. The molecule has 0 radical (unpaired) electrons. The first-order chi connectivity index (χ1) is 5.66. The van der Waals surface area contributed by atoms with E-state index < -0.39 is 21.3 Å². The number of sulfone groups is 1. The van der Waals surface area contributed by atoms with E-state index in [2.05, 4.69) is 0 Å². The summed E-state index contributed by atoms with van der Waals surface area (Å²) in [6.07, 6.45) is -0.308. The fourth-order valence-corrected chi connectivity index (χ4v) is 2.90. The highest BCUT2D eigenvalue weighted by Gasteiger charge is 2.49. The summed E-state index contributed by atoms with van der Waals surface area (Å²) in [5, 5.41) is 0. The molecule has 1 heterocycles. The topological polar surface area (TPSA) is 60.2 Å². The van der Waals surface area contributed by atoms with Gasteiger partial charge in [-0.1, -0.05) is 0 Å². The van der Waals surface area contributed by atoms with Crippen molar-refractivity contribution >= 4 is 9.84 Å². The zero-order valence-corrected chi connectivity index (χ0v) is 8.20. The summed E-state index contributed by atoms with van der Waals surface area (Å²) in [6.45, 7) is 0.741. The van der Waals surface area contributed by atoms with Gasteiger partial charge in [-0.25, -0.2) is 17.2 Å². The van der Waals surface area contributed by atoms with Gasteiger partial charge in [0, 0.05) is 6.92 Å². The Morgan fingerprint density at radius 3 is 2.00 bits per heavy atom. The van der Waals surface area contributed by atoms with Crippen LogP contribution in [0.15, 0.2) is 0 Å². The molecule has 1 aliphatic rings. The summed E-state index contributed by atoms with van der Waals surface area (Å²) in [7, 11) is -3.13. The van der Waals surface area contributed by atoms with Crippen molar-refractivity contribution in [1.82, 2.24) is 0 Å². The van der Waals surface area contributed by atoms with Crippen molar-refractivity contribution < 1.29 is 17.2 Å². The lowest BCUT2D eigenvalue weighted by Crippen LogP contribution is -2.58. The van der Waals surface area contributed by atoms with Crippen molar-refractivity contribution in [2.24, 2.45) is 5.73 Å². The SMILES string of the molecule is CC(F)(F)C1(N)CCS(=O)(=O)CC1. The van der Waals surface area contributed by atoms with E-state index in [1.54, 1.807) is 0 Å². The first-order valence-electron chi connectivity index (χ1n) is 4.03. The van der Waals surface area contributed by atoms with Gasteiger partial charge >= 0.3 is 0 Å². The van der Waals surface area contributed by atoms with Gasteiger partial charge in [-0.2, -0.15) is 0 Å². The van der Waals surface area contributed by atoms with E-state index in [4.69, 9.17) is 5.73 Å². The van der Waals surface area contributed by atoms with Crippen LogP contribution in [0.3, 0.4) is 0 Å². The molecule has 0 spiro atoms. The Labute approximate surface area is 76.2 Å². The van der Waals surface area contributed by atoms with E-state index in [1.165, 1.54) is 0 Å². The molecule has 1 rings (SSSR count). The Bertz CT molecular complexity index is 280. The standard InChI is InChI=1S/C7H13F2NO2S/c1-6(8,9)7(10)2-4-13(11,12)5-3-7/h2-5,10H2,1H3. The fourth-order valence-electron chi connectivity index (χ4n) is 1.34. The molecule has 0 amide bonds. The van der Waals surface area contributed by atoms with E-state index in [0.29, 0.717) is 0 Å². The highest BCUT2D eigenvalue weighted by Crippen LogP contribution is 2.35. The molecule has 78 valence electrons. The predicted molar refractivity (Wildman–Crippen MR) is 45.4 cm³/mol. The third-order valence-corrected chi connectivity index (χ3v) is 4.24. The molecule has 0 unspecified atom stereocenters. The quantitative estimate of drug-likeness (QED) is 0.692. The molecule has 0 aromatic heterocycles. The van der Waals surface area contributed by atoms with E-state index in [-0.39, 0.29) is 24.3 Å². The number of alkyl halides is 2. The third-order valence-electron chi connectivity index (χ3n) is 2.59. The van der Waals surface area contributed by atoms with Crippen LogP contribution in [0.4, 0.5) is 8.78 Å². The summed E-state index contributed by atoms with van der Waals surface area (Å²) in [5.74, 6) is -3.47. The lowest BCUT2D eigenvalue weighted by molar-refractivity contribution is -0.0610. The molecule has 0 bridgehead atoms. The molecule has 0 aromatic carbocycles. The second-order valence-electron chi connectivity index (χ2n) is 3.70. The minimum absolute atomic E-state index is 0.154. The van der Waals surface area contributed by atoms with E-state index in [0.717, 1.165) is 6.92 Å². The molecule has 0 saturated carbocycles. The molecule has 1 saturated heterocycles. The average molecular weight is 213 g/mol. The lowest BCUT2D eigenvalue weighted by Gasteiger charge is -2.37. The van der Waals surface area contributed by atoms with Gasteiger partial charge < -0.3 is 5.73 Å². The van der Waals surface area contributed by atoms with Crippen LogP contribution in [0.2, 0.25) is 0 Å². The highest BCUT2D eigenvalue weighted by atomic mass is 32.2. The molecular formula is C7H13F2NO2S. The van der Waals surface area contributed by atoms with Gasteiger partial charge in [-0.15, -0.1) is 0 Å². The summed E-state index contributed by atoms with van der Waals surface area (Å²) >= 11 is 0. The van der Waals surface area contributed by atoms with Crippen LogP contribution in [-0.4, -0.2) is 31.4 Å². The Kier molecular flexibility index (Phi) is 2.40. The van der Waals surface area contributed by atoms with Crippen LogP contribution in [-0.2, 0) is 9.84 Å². The molecule has 3 nitrogen and oxygen atoms in total. The number of hydrogen-bond acceptors (Lipinski definition) is 3. The maximum absolute atomic E-state index is 12.9. The normalized spacial score (nSPS) is 27.1. The Morgan fingerprint density at radius 1 is 1.31 bits per heavy atom. The minimum Gasteiger partial charge on any atom is -0.320 e. The molecule has 0 atom stereocenters. The Balaban J connectivity index is 2.79. The monoisotopic (exact) mass is 213 g/mol. The Morgan fingerprint density at radius 2 is 1.69 bits per heavy atom. The van der Waals surface area contributed by atoms with Crippen LogP contribution < -0.4 is 5.73 Å². The van der Waals surface area contributed by atoms with E-state index in [1.807, 2.05) is 0 Å². The van der Waals surface area contributed by atoms with Crippen LogP contribution >= 0.6 is 0 Å². The summed E-state index contributed by atoms with van der Waals surface area (Å²) in [4.78, 5) is 0. The average Bonchev–Trinajstić information content (AvgIpc) is 1.94. The van der Waals surface area contributed by atoms with Gasteiger partial charge in [0.1, 0.15) is 9.84 Å².